The first-order valence-electron chi connectivity index (χ1n) is 6.21. The Bertz CT molecular complexity index is 415. The summed E-state index contributed by atoms with van der Waals surface area (Å²) in [6.07, 6.45) is 1.75. The average molecular weight is 315 g/mol. The van der Waals surface area contributed by atoms with Crippen LogP contribution in [0.15, 0.2) is 10.7 Å². The topological polar surface area (TPSA) is 41.5 Å². The molecule has 0 radical (unpaired) electrons. The van der Waals surface area contributed by atoms with E-state index in [1.165, 1.54) is 0 Å². The number of anilines is 1. The molecule has 1 unspecified atom stereocenters. The lowest BCUT2D eigenvalue weighted by molar-refractivity contribution is 0.198. The van der Waals surface area contributed by atoms with Crippen molar-refractivity contribution >= 4 is 21.9 Å². The maximum Gasteiger partial charge on any atom is 0.232 e. The van der Waals surface area contributed by atoms with Crippen LogP contribution in [0.4, 0.5) is 5.95 Å². The zero-order valence-electron chi connectivity index (χ0n) is 11.1. The molecule has 100 valence electrons. The standard InChI is InChI=1S/C12H19BrN4O/c1-4-16-5-6-17(8-9(16)2)12-14-7-10(13)11(15-12)18-3/h7,9H,4-6,8H2,1-3H3. The number of methoxy groups -OCH3 is 1. The monoisotopic (exact) mass is 314 g/mol. The molecule has 1 aromatic heterocycles. The van der Waals surface area contributed by atoms with Crippen molar-refractivity contribution in [1.82, 2.24) is 14.9 Å². The van der Waals surface area contributed by atoms with Crippen molar-refractivity contribution in [2.75, 3.05) is 38.2 Å². The molecule has 1 saturated heterocycles. The molecule has 1 atom stereocenters. The fourth-order valence-electron chi connectivity index (χ4n) is 2.28. The highest BCUT2D eigenvalue weighted by Crippen LogP contribution is 2.24. The summed E-state index contributed by atoms with van der Waals surface area (Å²) in [6, 6.07) is 0.530. The molecule has 6 heteroatoms. The van der Waals surface area contributed by atoms with Crippen molar-refractivity contribution in [1.29, 1.82) is 0 Å². The summed E-state index contributed by atoms with van der Waals surface area (Å²) in [5.74, 6) is 1.34. The van der Waals surface area contributed by atoms with E-state index in [4.69, 9.17) is 4.74 Å². The second kappa shape index (κ2) is 5.84. The van der Waals surface area contributed by atoms with Crippen LogP contribution < -0.4 is 9.64 Å². The Morgan fingerprint density at radius 1 is 1.50 bits per heavy atom. The van der Waals surface area contributed by atoms with Gasteiger partial charge >= 0.3 is 0 Å². The van der Waals surface area contributed by atoms with E-state index in [0.717, 1.165) is 36.6 Å². The number of nitrogens with zero attached hydrogens (tertiary/aromatic N) is 4. The van der Waals surface area contributed by atoms with E-state index >= 15 is 0 Å². The second-order valence-electron chi connectivity index (χ2n) is 4.45. The smallest absolute Gasteiger partial charge is 0.232 e. The van der Waals surface area contributed by atoms with Gasteiger partial charge in [0.2, 0.25) is 11.8 Å². The molecule has 1 aliphatic heterocycles. The zero-order chi connectivity index (χ0) is 13.1. The van der Waals surface area contributed by atoms with Gasteiger partial charge in [-0.25, -0.2) is 4.98 Å². The number of hydrogen-bond acceptors (Lipinski definition) is 5. The van der Waals surface area contributed by atoms with Crippen LogP contribution in [-0.4, -0.2) is 54.2 Å². The Morgan fingerprint density at radius 2 is 2.28 bits per heavy atom. The number of aromatic nitrogens is 2. The van der Waals surface area contributed by atoms with Gasteiger partial charge in [0.15, 0.2) is 0 Å². The average Bonchev–Trinajstić information content (AvgIpc) is 2.39. The van der Waals surface area contributed by atoms with Gasteiger partial charge in [0.05, 0.1) is 17.8 Å². The van der Waals surface area contributed by atoms with Crippen molar-refractivity contribution in [2.24, 2.45) is 0 Å². The Kier molecular flexibility index (Phi) is 4.40. The van der Waals surface area contributed by atoms with Gasteiger partial charge in [-0.15, -0.1) is 0 Å². The molecule has 0 N–H and O–H groups in total. The van der Waals surface area contributed by atoms with Gasteiger partial charge < -0.3 is 9.64 Å². The van der Waals surface area contributed by atoms with Gasteiger partial charge in [0.25, 0.3) is 0 Å². The van der Waals surface area contributed by atoms with Crippen molar-refractivity contribution < 1.29 is 4.74 Å². The van der Waals surface area contributed by atoms with Gasteiger partial charge in [-0.1, -0.05) is 6.92 Å². The third kappa shape index (κ3) is 2.75. The van der Waals surface area contributed by atoms with Crippen molar-refractivity contribution in [3.8, 4) is 5.88 Å². The molecule has 18 heavy (non-hydrogen) atoms. The molecule has 0 bridgehead atoms. The van der Waals surface area contributed by atoms with Gasteiger partial charge in [0, 0.05) is 25.7 Å². The SMILES string of the molecule is CCN1CCN(c2ncc(Br)c(OC)n2)CC1C. The van der Waals surface area contributed by atoms with E-state index in [2.05, 4.69) is 49.5 Å². The first-order chi connectivity index (χ1) is 8.65. The van der Waals surface area contributed by atoms with Crippen LogP contribution in [0.5, 0.6) is 5.88 Å². The summed E-state index contributed by atoms with van der Waals surface area (Å²) in [4.78, 5) is 13.5. The van der Waals surface area contributed by atoms with Crippen molar-refractivity contribution in [3.05, 3.63) is 10.7 Å². The van der Waals surface area contributed by atoms with Crippen LogP contribution in [0.25, 0.3) is 0 Å². The minimum atomic E-state index is 0.530. The summed E-state index contributed by atoms with van der Waals surface area (Å²) < 4.78 is 6.00. The summed E-state index contributed by atoms with van der Waals surface area (Å²) >= 11 is 3.37. The second-order valence-corrected chi connectivity index (χ2v) is 5.31. The van der Waals surface area contributed by atoms with Crippen LogP contribution in [0.3, 0.4) is 0 Å². The lowest BCUT2D eigenvalue weighted by Crippen LogP contribution is -2.52. The minimum absolute atomic E-state index is 0.530. The molecule has 1 aliphatic rings. The number of ether oxygens (including phenoxy) is 1. The molecular weight excluding hydrogens is 296 g/mol. The fourth-order valence-corrected chi connectivity index (χ4v) is 2.64. The van der Waals surface area contributed by atoms with Gasteiger partial charge in [-0.3, -0.25) is 4.90 Å². The van der Waals surface area contributed by atoms with Crippen LogP contribution in [-0.2, 0) is 0 Å². The molecule has 0 spiro atoms. The highest BCUT2D eigenvalue weighted by molar-refractivity contribution is 9.10. The molecule has 5 nitrogen and oxygen atoms in total. The summed E-state index contributed by atoms with van der Waals surface area (Å²) in [5, 5.41) is 0. The van der Waals surface area contributed by atoms with E-state index in [0.29, 0.717) is 11.9 Å². The van der Waals surface area contributed by atoms with Crippen LogP contribution in [0.2, 0.25) is 0 Å². The van der Waals surface area contributed by atoms with E-state index in [1.807, 2.05) is 0 Å². The maximum absolute atomic E-state index is 5.21. The molecule has 0 amide bonds. The number of hydrogen-bond donors (Lipinski definition) is 0. The first-order valence-corrected chi connectivity index (χ1v) is 7.00. The number of likely N-dealkylation sites (N-methyl/N-ethyl adjacent to an activating group) is 1. The number of rotatable bonds is 3. The minimum Gasteiger partial charge on any atom is -0.480 e. The number of piperazine rings is 1. The predicted molar refractivity (Wildman–Crippen MR) is 75.2 cm³/mol. The predicted octanol–water partition coefficient (Wildman–Crippen LogP) is 1.78. The van der Waals surface area contributed by atoms with Crippen molar-refractivity contribution in [3.63, 3.8) is 0 Å². The van der Waals surface area contributed by atoms with E-state index in [9.17, 15) is 0 Å². The summed E-state index contributed by atoms with van der Waals surface area (Å²) in [7, 11) is 1.62. The van der Waals surface area contributed by atoms with Gasteiger partial charge in [-0.05, 0) is 29.4 Å². The lowest BCUT2D eigenvalue weighted by Gasteiger charge is -2.39. The lowest BCUT2D eigenvalue weighted by atomic mass is 10.2. The fraction of sp³-hybridized carbons (Fsp3) is 0.667. The molecule has 2 heterocycles. The Morgan fingerprint density at radius 3 is 2.89 bits per heavy atom. The molecule has 0 aliphatic carbocycles. The summed E-state index contributed by atoms with van der Waals surface area (Å²) in [6.45, 7) is 8.51. The van der Waals surface area contributed by atoms with E-state index < -0.39 is 0 Å². The molecule has 2 rings (SSSR count). The third-order valence-corrected chi connectivity index (χ3v) is 3.89. The van der Waals surface area contributed by atoms with Crippen LogP contribution in [0, 0.1) is 0 Å². The van der Waals surface area contributed by atoms with Gasteiger partial charge in [-0.2, -0.15) is 4.98 Å². The number of halogens is 1. The molecule has 0 aromatic carbocycles. The highest BCUT2D eigenvalue weighted by Gasteiger charge is 2.24. The Labute approximate surface area is 116 Å². The first kappa shape index (κ1) is 13.5. The largest absolute Gasteiger partial charge is 0.480 e. The van der Waals surface area contributed by atoms with E-state index in [1.54, 1.807) is 13.3 Å². The Hall–Kier alpha value is -0.880. The Balaban J connectivity index is 2.13. The quantitative estimate of drug-likeness (QED) is 0.850. The van der Waals surface area contributed by atoms with Crippen LogP contribution in [0.1, 0.15) is 13.8 Å². The van der Waals surface area contributed by atoms with Crippen molar-refractivity contribution in [2.45, 2.75) is 19.9 Å². The molecule has 1 fully saturated rings. The molecule has 0 saturated carbocycles. The maximum atomic E-state index is 5.21. The van der Waals surface area contributed by atoms with Gasteiger partial charge in [0.1, 0.15) is 0 Å². The van der Waals surface area contributed by atoms with Crippen LogP contribution >= 0.6 is 15.9 Å². The molecule has 1 aromatic rings. The summed E-state index contributed by atoms with van der Waals surface area (Å²) in [5.41, 5.74) is 0. The van der Waals surface area contributed by atoms with E-state index in [-0.39, 0.29) is 0 Å². The third-order valence-electron chi connectivity index (χ3n) is 3.35. The normalized spacial score (nSPS) is 21.1. The highest BCUT2D eigenvalue weighted by atomic mass is 79.9. The molecular formula is C12H19BrN4O. The zero-order valence-corrected chi connectivity index (χ0v) is 12.6.